The lowest BCUT2D eigenvalue weighted by Crippen LogP contribution is -2.60. The normalized spacial score (nSPS) is 22.6. The van der Waals surface area contributed by atoms with Crippen molar-refractivity contribution in [1.82, 2.24) is 4.57 Å². The number of hydrogen-bond donors (Lipinski definition) is 0. The second kappa shape index (κ2) is 13.9. The summed E-state index contributed by atoms with van der Waals surface area (Å²) >= 11 is 3.10. The zero-order chi connectivity index (χ0) is 28.7. The number of carbonyl (C=O) groups excluding carboxylic acids is 4. The van der Waals surface area contributed by atoms with E-state index in [0.717, 1.165) is 20.8 Å². The van der Waals surface area contributed by atoms with Crippen LogP contribution >= 0.6 is 23.5 Å². The van der Waals surface area contributed by atoms with Gasteiger partial charge < -0.3 is 28.3 Å². The summed E-state index contributed by atoms with van der Waals surface area (Å²) < 4.78 is 30.9. The summed E-state index contributed by atoms with van der Waals surface area (Å²) in [5, 5.41) is 0.899. The third kappa shape index (κ3) is 7.76. The highest BCUT2D eigenvalue weighted by atomic mass is 32.2. The molecule has 5 atom stereocenters. The number of carbonyl (C=O) groups is 4. The Morgan fingerprint density at radius 2 is 1.46 bits per heavy atom. The van der Waals surface area contributed by atoms with E-state index in [1.165, 1.54) is 27.7 Å². The molecule has 2 heterocycles. The number of fused-ring (bicyclic) bond motifs is 1. The minimum Gasteiger partial charge on any atom is -0.463 e. The van der Waals surface area contributed by atoms with Crippen LogP contribution in [0.1, 0.15) is 39.5 Å². The monoisotopic (exact) mass is 580 g/mol. The number of aromatic nitrogens is 1. The van der Waals surface area contributed by atoms with Gasteiger partial charge in [0.15, 0.2) is 24.5 Å². The van der Waals surface area contributed by atoms with Crippen molar-refractivity contribution in [1.29, 1.82) is 0 Å². The van der Waals surface area contributed by atoms with Gasteiger partial charge in [0.1, 0.15) is 17.1 Å². The molecule has 0 spiro atoms. The van der Waals surface area contributed by atoms with Crippen molar-refractivity contribution in [2.45, 2.75) is 64.9 Å². The number of thioether (sulfide) groups is 2. The standard InChI is InChI=1S/C26H32N2O9S2/c1-14(29)33-13-21-22(34-15(2)30)23(35-16(3)31)24(36-17(4)32)25(37-21)28-12-18(11-27-26(38-5)39-6)19-9-7-8-10-20(19)28/h7-10,12,21-25H,11,13H2,1-6H3/t21-,22-,23+,24-,25-/m1/s1. The molecule has 39 heavy (non-hydrogen) atoms. The SMILES string of the molecule is CSC(=NCc1cn([C@@H]2O[C@H](COC(C)=O)[C@@H](OC(C)=O)[C@H](OC(C)=O)[C@H]2OC(C)=O)c2ccccc12)SC. The van der Waals surface area contributed by atoms with Gasteiger partial charge in [-0.15, -0.1) is 23.5 Å². The second-order valence-corrected chi connectivity index (χ2v) is 10.5. The first kappa shape index (κ1) is 30.5. The Kier molecular flexibility index (Phi) is 10.8. The molecule has 1 saturated heterocycles. The second-order valence-electron chi connectivity index (χ2n) is 8.66. The van der Waals surface area contributed by atoms with Gasteiger partial charge in [-0.1, -0.05) is 18.2 Å². The number of nitrogens with zero attached hydrogens (tertiary/aromatic N) is 2. The van der Waals surface area contributed by atoms with Crippen molar-refractivity contribution in [3.05, 3.63) is 36.0 Å². The fraction of sp³-hybridized carbons (Fsp3) is 0.500. The van der Waals surface area contributed by atoms with Crippen LogP contribution in [0, 0.1) is 0 Å². The van der Waals surface area contributed by atoms with Gasteiger partial charge in [-0.2, -0.15) is 0 Å². The van der Waals surface area contributed by atoms with Gasteiger partial charge in [0.25, 0.3) is 0 Å². The molecule has 2 aromatic rings. The number of hydrogen-bond acceptors (Lipinski definition) is 12. The molecule has 11 nitrogen and oxygen atoms in total. The Hall–Kier alpha value is -3.03. The molecular formula is C26H32N2O9S2. The molecule has 1 aromatic heterocycles. The molecule has 0 saturated carbocycles. The molecule has 0 amide bonds. The largest absolute Gasteiger partial charge is 0.463 e. The number of para-hydroxylation sites is 1. The Bertz CT molecular complexity index is 1240. The zero-order valence-corrected chi connectivity index (χ0v) is 24.2. The summed E-state index contributed by atoms with van der Waals surface area (Å²) in [5.41, 5.74) is 1.64. The van der Waals surface area contributed by atoms with Gasteiger partial charge in [-0.3, -0.25) is 24.2 Å². The van der Waals surface area contributed by atoms with Gasteiger partial charge in [0, 0.05) is 39.3 Å². The fourth-order valence-electron chi connectivity index (χ4n) is 4.41. The van der Waals surface area contributed by atoms with Crippen LogP contribution in [-0.2, 0) is 49.4 Å². The maximum absolute atomic E-state index is 12.2. The summed E-state index contributed by atoms with van der Waals surface area (Å²) in [7, 11) is 0. The van der Waals surface area contributed by atoms with Crippen LogP contribution in [0.15, 0.2) is 35.5 Å². The van der Waals surface area contributed by atoms with E-state index in [4.69, 9.17) is 23.7 Å². The van der Waals surface area contributed by atoms with E-state index < -0.39 is 54.5 Å². The molecule has 0 radical (unpaired) electrons. The van der Waals surface area contributed by atoms with Crippen molar-refractivity contribution in [3.63, 3.8) is 0 Å². The number of esters is 4. The molecule has 0 aliphatic carbocycles. The van der Waals surface area contributed by atoms with Gasteiger partial charge in [-0.05, 0) is 24.1 Å². The number of ether oxygens (including phenoxy) is 5. The van der Waals surface area contributed by atoms with Crippen molar-refractivity contribution >= 4 is 62.7 Å². The first-order valence-corrected chi connectivity index (χ1v) is 14.5. The van der Waals surface area contributed by atoms with Crippen molar-refractivity contribution in [2.75, 3.05) is 19.1 Å². The van der Waals surface area contributed by atoms with Gasteiger partial charge >= 0.3 is 23.9 Å². The Morgan fingerprint density at radius 3 is 2.05 bits per heavy atom. The predicted molar refractivity (Wildman–Crippen MR) is 147 cm³/mol. The van der Waals surface area contributed by atoms with Crippen LogP contribution in [0.2, 0.25) is 0 Å². The van der Waals surface area contributed by atoms with Crippen LogP contribution in [0.4, 0.5) is 0 Å². The topological polar surface area (TPSA) is 132 Å². The minimum atomic E-state index is -1.25. The Morgan fingerprint density at radius 1 is 0.872 bits per heavy atom. The molecule has 13 heteroatoms. The molecule has 1 aromatic carbocycles. The van der Waals surface area contributed by atoms with E-state index in [0.29, 0.717) is 6.54 Å². The Labute approximate surface area is 234 Å². The zero-order valence-electron chi connectivity index (χ0n) is 22.6. The van der Waals surface area contributed by atoms with Crippen LogP contribution in [0.25, 0.3) is 10.9 Å². The number of rotatable bonds is 8. The predicted octanol–water partition coefficient (Wildman–Crippen LogP) is 3.48. The average molecular weight is 581 g/mol. The third-order valence-corrected chi connectivity index (χ3v) is 7.75. The van der Waals surface area contributed by atoms with Crippen molar-refractivity contribution < 1.29 is 42.9 Å². The highest BCUT2D eigenvalue weighted by molar-refractivity contribution is 8.38. The lowest BCUT2D eigenvalue weighted by Gasteiger charge is -2.44. The molecule has 0 N–H and O–H groups in total. The summed E-state index contributed by atoms with van der Waals surface area (Å²) in [6, 6.07) is 7.57. The average Bonchev–Trinajstić information content (AvgIpc) is 3.23. The van der Waals surface area contributed by atoms with Crippen LogP contribution in [0.5, 0.6) is 0 Å². The molecule has 1 aliphatic heterocycles. The van der Waals surface area contributed by atoms with E-state index in [1.807, 2.05) is 43.0 Å². The van der Waals surface area contributed by atoms with Crippen molar-refractivity contribution in [2.24, 2.45) is 4.99 Å². The highest BCUT2D eigenvalue weighted by Crippen LogP contribution is 2.38. The molecule has 0 unspecified atom stereocenters. The maximum atomic E-state index is 12.2. The van der Waals surface area contributed by atoms with Crippen LogP contribution < -0.4 is 0 Å². The third-order valence-electron chi connectivity index (χ3n) is 5.79. The summed E-state index contributed by atoms with van der Waals surface area (Å²) in [5.74, 6) is -2.60. The summed E-state index contributed by atoms with van der Waals surface area (Å²) in [4.78, 5) is 52.7. The summed E-state index contributed by atoms with van der Waals surface area (Å²) in [6.07, 6.45) is -0.000982. The molecule has 1 fully saturated rings. The molecular weight excluding hydrogens is 548 g/mol. The van der Waals surface area contributed by atoms with Gasteiger partial charge in [0.2, 0.25) is 0 Å². The van der Waals surface area contributed by atoms with Crippen molar-refractivity contribution in [3.8, 4) is 0 Å². The number of aliphatic imine (C=N–C) groups is 1. The van der Waals surface area contributed by atoms with E-state index >= 15 is 0 Å². The lowest BCUT2D eigenvalue weighted by molar-refractivity contribution is -0.267. The van der Waals surface area contributed by atoms with E-state index in [9.17, 15) is 19.2 Å². The molecule has 3 rings (SSSR count). The van der Waals surface area contributed by atoms with E-state index in [-0.39, 0.29) is 6.61 Å². The molecule has 1 aliphatic rings. The maximum Gasteiger partial charge on any atom is 0.303 e. The quantitative estimate of drug-likeness (QED) is 0.197. The summed E-state index contributed by atoms with van der Waals surface area (Å²) in [6.45, 7) is 4.91. The number of benzene rings is 1. The Balaban J connectivity index is 2.17. The highest BCUT2D eigenvalue weighted by Gasteiger charge is 2.53. The van der Waals surface area contributed by atoms with E-state index in [2.05, 4.69) is 4.99 Å². The first-order valence-electron chi connectivity index (χ1n) is 12.1. The lowest BCUT2D eigenvalue weighted by atomic mass is 9.97. The van der Waals surface area contributed by atoms with Gasteiger partial charge in [0.05, 0.1) is 12.1 Å². The van der Waals surface area contributed by atoms with Gasteiger partial charge in [-0.25, -0.2) is 0 Å². The molecule has 0 bridgehead atoms. The van der Waals surface area contributed by atoms with E-state index in [1.54, 1.807) is 28.1 Å². The first-order chi connectivity index (χ1) is 18.5. The minimum absolute atomic E-state index is 0.296. The smallest absolute Gasteiger partial charge is 0.303 e. The van der Waals surface area contributed by atoms with Crippen LogP contribution in [0.3, 0.4) is 0 Å². The fourth-order valence-corrected chi connectivity index (χ4v) is 5.46. The molecule has 212 valence electrons. The van der Waals surface area contributed by atoms with Crippen LogP contribution in [-0.4, -0.2) is 76.4 Å².